The molecular formula is C15H14FNO2. The van der Waals surface area contributed by atoms with Crippen LogP contribution in [0.1, 0.15) is 17.2 Å². The SMILES string of the molecule is Cc1cc(F)ccc1NC1COc2cc(O)ccc21. The van der Waals surface area contributed by atoms with Crippen LogP contribution in [0.5, 0.6) is 11.5 Å². The van der Waals surface area contributed by atoms with Crippen molar-refractivity contribution in [3.05, 3.63) is 53.3 Å². The first kappa shape index (κ1) is 11.8. The molecule has 0 fully saturated rings. The first-order valence-electron chi connectivity index (χ1n) is 6.12. The number of benzene rings is 2. The minimum Gasteiger partial charge on any atom is -0.508 e. The van der Waals surface area contributed by atoms with E-state index in [9.17, 15) is 9.50 Å². The lowest BCUT2D eigenvalue weighted by molar-refractivity contribution is 0.338. The van der Waals surface area contributed by atoms with Gasteiger partial charge < -0.3 is 15.2 Å². The Bertz CT molecular complexity index is 628. The molecule has 1 aliphatic heterocycles. The molecule has 1 heterocycles. The largest absolute Gasteiger partial charge is 0.508 e. The smallest absolute Gasteiger partial charge is 0.128 e. The molecule has 3 rings (SSSR count). The van der Waals surface area contributed by atoms with E-state index in [1.165, 1.54) is 12.1 Å². The van der Waals surface area contributed by atoms with Crippen LogP contribution in [-0.4, -0.2) is 11.7 Å². The number of hydrogen-bond acceptors (Lipinski definition) is 3. The van der Waals surface area contributed by atoms with Crippen LogP contribution >= 0.6 is 0 Å². The molecule has 0 saturated heterocycles. The second-order valence-electron chi connectivity index (χ2n) is 4.69. The number of anilines is 1. The van der Waals surface area contributed by atoms with E-state index in [0.717, 1.165) is 16.8 Å². The van der Waals surface area contributed by atoms with Crippen LogP contribution in [0.3, 0.4) is 0 Å². The number of fused-ring (bicyclic) bond motifs is 1. The number of hydrogen-bond donors (Lipinski definition) is 2. The Morgan fingerprint density at radius 3 is 2.89 bits per heavy atom. The maximum absolute atomic E-state index is 13.1. The summed E-state index contributed by atoms with van der Waals surface area (Å²) in [4.78, 5) is 0. The van der Waals surface area contributed by atoms with Gasteiger partial charge in [-0.25, -0.2) is 4.39 Å². The molecule has 1 unspecified atom stereocenters. The molecule has 1 aliphatic rings. The number of ether oxygens (including phenoxy) is 1. The lowest BCUT2D eigenvalue weighted by atomic mass is 10.1. The van der Waals surface area contributed by atoms with Crippen LogP contribution in [0.4, 0.5) is 10.1 Å². The zero-order chi connectivity index (χ0) is 13.4. The van der Waals surface area contributed by atoms with Crippen LogP contribution < -0.4 is 10.1 Å². The van der Waals surface area contributed by atoms with E-state index in [-0.39, 0.29) is 17.6 Å². The van der Waals surface area contributed by atoms with Gasteiger partial charge in [0.15, 0.2) is 0 Å². The van der Waals surface area contributed by atoms with Gasteiger partial charge in [0, 0.05) is 17.3 Å². The van der Waals surface area contributed by atoms with Gasteiger partial charge in [0.2, 0.25) is 0 Å². The molecule has 0 aliphatic carbocycles. The predicted octanol–water partition coefficient (Wildman–Crippen LogP) is 3.39. The van der Waals surface area contributed by atoms with E-state index in [1.54, 1.807) is 18.2 Å². The fourth-order valence-corrected chi connectivity index (χ4v) is 2.29. The van der Waals surface area contributed by atoms with Crippen molar-refractivity contribution in [3.8, 4) is 11.5 Å². The lowest BCUT2D eigenvalue weighted by Crippen LogP contribution is -2.12. The summed E-state index contributed by atoms with van der Waals surface area (Å²) in [6.45, 7) is 2.36. The van der Waals surface area contributed by atoms with Crippen molar-refractivity contribution < 1.29 is 14.2 Å². The number of rotatable bonds is 2. The summed E-state index contributed by atoms with van der Waals surface area (Å²) in [6, 6.07) is 9.75. The fourth-order valence-electron chi connectivity index (χ4n) is 2.29. The standard InChI is InChI=1S/C15H14FNO2/c1-9-6-10(16)2-5-13(9)17-14-8-19-15-7-11(18)3-4-12(14)15/h2-7,14,17-18H,8H2,1H3. The molecule has 0 bridgehead atoms. The molecule has 3 nitrogen and oxygen atoms in total. The van der Waals surface area contributed by atoms with Crippen molar-refractivity contribution in [1.82, 2.24) is 0 Å². The molecule has 2 aromatic rings. The van der Waals surface area contributed by atoms with Gasteiger partial charge >= 0.3 is 0 Å². The molecule has 4 heteroatoms. The fraction of sp³-hybridized carbons (Fsp3) is 0.200. The van der Waals surface area contributed by atoms with Gasteiger partial charge in [-0.2, -0.15) is 0 Å². The summed E-state index contributed by atoms with van der Waals surface area (Å²) >= 11 is 0. The number of phenolic OH excluding ortho intramolecular Hbond substituents is 1. The quantitative estimate of drug-likeness (QED) is 0.868. The molecular weight excluding hydrogens is 245 g/mol. The zero-order valence-corrected chi connectivity index (χ0v) is 10.5. The van der Waals surface area contributed by atoms with Gasteiger partial charge in [0.1, 0.15) is 23.9 Å². The third kappa shape index (κ3) is 2.21. The molecule has 0 saturated carbocycles. The lowest BCUT2D eigenvalue weighted by Gasteiger charge is -2.15. The topological polar surface area (TPSA) is 41.5 Å². The van der Waals surface area contributed by atoms with E-state index >= 15 is 0 Å². The van der Waals surface area contributed by atoms with Gasteiger partial charge in [0.05, 0.1) is 6.04 Å². The molecule has 19 heavy (non-hydrogen) atoms. The van der Waals surface area contributed by atoms with E-state index in [0.29, 0.717) is 12.4 Å². The number of phenols is 1. The summed E-state index contributed by atoms with van der Waals surface area (Å²) in [5.41, 5.74) is 2.74. The van der Waals surface area contributed by atoms with Gasteiger partial charge in [-0.15, -0.1) is 0 Å². The molecule has 2 aromatic carbocycles. The van der Waals surface area contributed by atoms with E-state index in [1.807, 2.05) is 13.0 Å². The minimum absolute atomic E-state index is 0.0137. The van der Waals surface area contributed by atoms with Crippen LogP contribution in [-0.2, 0) is 0 Å². The zero-order valence-electron chi connectivity index (χ0n) is 10.5. The number of halogens is 1. The van der Waals surface area contributed by atoms with Crippen molar-refractivity contribution in [3.63, 3.8) is 0 Å². The Morgan fingerprint density at radius 1 is 1.26 bits per heavy atom. The maximum Gasteiger partial charge on any atom is 0.128 e. The Labute approximate surface area is 110 Å². The summed E-state index contributed by atoms with van der Waals surface area (Å²) in [5.74, 6) is 0.644. The first-order chi connectivity index (χ1) is 9.13. The highest BCUT2D eigenvalue weighted by molar-refractivity contribution is 5.55. The van der Waals surface area contributed by atoms with Crippen LogP contribution in [0.25, 0.3) is 0 Å². The molecule has 0 spiro atoms. The molecule has 0 amide bonds. The summed E-state index contributed by atoms with van der Waals surface area (Å²) in [7, 11) is 0. The average molecular weight is 259 g/mol. The number of aromatic hydroxyl groups is 1. The maximum atomic E-state index is 13.1. The van der Waals surface area contributed by atoms with Crippen molar-refractivity contribution in [2.24, 2.45) is 0 Å². The monoisotopic (exact) mass is 259 g/mol. The third-order valence-electron chi connectivity index (χ3n) is 3.30. The van der Waals surface area contributed by atoms with Crippen molar-refractivity contribution in [2.75, 3.05) is 11.9 Å². The first-order valence-corrected chi connectivity index (χ1v) is 6.12. The normalized spacial score (nSPS) is 16.8. The molecule has 0 aromatic heterocycles. The average Bonchev–Trinajstić information content (AvgIpc) is 2.75. The predicted molar refractivity (Wildman–Crippen MR) is 71.1 cm³/mol. The van der Waals surface area contributed by atoms with Gasteiger partial charge in [-0.1, -0.05) is 0 Å². The van der Waals surface area contributed by atoms with Gasteiger partial charge in [-0.3, -0.25) is 0 Å². The van der Waals surface area contributed by atoms with Crippen molar-refractivity contribution in [2.45, 2.75) is 13.0 Å². The summed E-state index contributed by atoms with van der Waals surface area (Å²) in [6.07, 6.45) is 0. The minimum atomic E-state index is -0.240. The Hall–Kier alpha value is -2.23. The Morgan fingerprint density at radius 2 is 2.11 bits per heavy atom. The molecule has 0 radical (unpaired) electrons. The molecule has 2 N–H and O–H groups in total. The van der Waals surface area contributed by atoms with Crippen LogP contribution in [0.2, 0.25) is 0 Å². The molecule has 98 valence electrons. The third-order valence-corrected chi connectivity index (χ3v) is 3.30. The Balaban J connectivity index is 1.86. The van der Waals surface area contributed by atoms with Gasteiger partial charge in [0.25, 0.3) is 0 Å². The number of aryl methyl sites for hydroxylation is 1. The summed E-state index contributed by atoms with van der Waals surface area (Å²) < 4.78 is 18.6. The molecule has 1 atom stereocenters. The van der Waals surface area contributed by atoms with E-state index in [4.69, 9.17) is 4.74 Å². The summed E-state index contributed by atoms with van der Waals surface area (Å²) in [5, 5.41) is 12.7. The van der Waals surface area contributed by atoms with E-state index in [2.05, 4.69) is 5.32 Å². The highest BCUT2D eigenvalue weighted by atomic mass is 19.1. The van der Waals surface area contributed by atoms with Crippen molar-refractivity contribution in [1.29, 1.82) is 0 Å². The van der Waals surface area contributed by atoms with E-state index < -0.39 is 0 Å². The van der Waals surface area contributed by atoms with Crippen LogP contribution in [0, 0.1) is 12.7 Å². The highest BCUT2D eigenvalue weighted by Crippen LogP contribution is 2.37. The second-order valence-corrected chi connectivity index (χ2v) is 4.69. The Kier molecular flexibility index (Phi) is 2.78. The second kappa shape index (κ2) is 4.46. The number of nitrogens with one attached hydrogen (secondary N) is 1. The van der Waals surface area contributed by atoms with Crippen molar-refractivity contribution >= 4 is 5.69 Å². The van der Waals surface area contributed by atoms with Crippen LogP contribution in [0.15, 0.2) is 36.4 Å². The highest BCUT2D eigenvalue weighted by Gasteiger charge is 2.24. The van der Waals surface area contributed by atoms with Gasteiger partial charge in [-0.05, 0) is 42.8 Å².